The molecule has 0 aliphatic rings. The van der Waals surface area contributed by atoms with Gasteiger partial charge in [0.15, 0.2) is 0 Å². The van der Waals surface area contributed by atoms with Crippen molar-refractivity contribution in [2.45, 2.75) is 0 Å². The minimum absolute atomic E-state index is 0.751. The molecule has 0 saturated heterocycles. The largest absolute Gasteiger partial charge is 0.881 e. The molecule has 5 heteroatoms. The summed E-state index contributed by atoms with van der Waals surface area (Å²) in [6.07, 6.45) is 1.81. The second-order valence-corrected chi connectivity index (χ2v) is 7.28. The molecule has 4 nitrogen and oxygen atoms in total. The molecule has 5 rings (SSSR count). The Morgan fingerprint density at radius 1 is 0.690 bits per heavy atom. The highest BCUT2D eigenvalue weighted by atomic mass is 27.2. The highest BCUT2D eigenvalue weighted by molar-refractivity contribution is 6.25. The number of pyridine rings is 1. The van der Waals surface area contributed by atoms with Crippen LogP contribution in [0.15, 0.2) is 85.1 Å². The van der Waals surface area contributed by atoms with Crippen molar-refractivity contribution in [3.63, 3.8) is 0 Å². The van der Waals surface area contributed by atoms with Crippen LogP contribution in [0, 0.1) is 0 Å². The molecular formula is C24H17AlNO3. The summed E-state index contributed by atoms with van der Waals surface area (Å²) in [5, 5.41) is 4.97. The fraction of sp³-hybridized carbons (Fsp3) is 0.0417. The third-order valence-electron chi connectivity index (χ3n) is 4.96. The van der Waals surface area contributed by atoms with E-state index >= 15 is 0 Å². The first kappa shape index (κ1) is 17.8. The number of rotatable bonds is 5. The minimum Gasteiger partial charge on any atom is -0.616 e. The molecule has 0 aliphatic carbocycles. The Morgan fingerprint density at radius 2 is 1.45 bits per heavy atom. The van der Waals surface area contributed by atoms with Gasteiger partial charge < -0.3 is 12.3 Å². The summed E-state index contributed by atoms with van der Waals surface area (Å²) in [5.41, 5.74) is 0.892. The Hall–Kier alpha value is -3.26. The molecule has 0 aliphatic heterocycles. The van der Waals surface area contributed by atoms with Gasteiger partial charge >= 0.3 is 15.9 Å². The van der Waals surface area contributed by atoms with E-state index in [0.717, 1.165) is 49.7 Å². The lowest BCUT2D eigenvalue weighted by Gasteiger charge is -2.18. The van der Waals surface area contributed by atoms with Gasteiger partial charge in [0.05, 0.1) is 23.8 Å². The maximum atomic E-state index is 6.31. The van der Waals surface area contributed by atoms with Crippen molar-refractivity contribution >= 4 is 48.3 Å². The van der Waals surface area contributed by atoms with Crippen LogP contribution in [-0.2, 0) is 0 Å². The van der Waals surface area contributed by atoms with E-state index in [2.05, 4.69) is 35.3 Å². The van der Waals surface area contributed by atoms with E-state index < -0.39 is 15.9 Å². The lowest BCUT2D eigenvalue weighted by Crippen LogP contribution is -2.11. The van der Waals surface area contributed by atoms with Crippen molar-refractivity contribution in [1.82, 2.24) is 4.98 Å². The normalized spacial score (nSPS) is 10.9. The molecule has 5 aromatic rings. The highest BCUT2D eigenvalue weighted by Gasteiger charge is 2.19. The number of benzene rings is 4. The quantitative estimate of drug-likeness (QED) is 0.223. The van der Waals surface area contributed by atoms with Gasteiger partial charge in [0.2, 0.25) is 0 Å². The van der Waals surface area contributed by atoms with Crippen molar-refractivity contribution in [1.29, 1.82) is 0 Å². The second kappa shape index (κ2) is 7.63. The third-order valence-corrected chi connectivity index (χ3v) is 5.66. The van der Waals surface area contributed by atoms with Gasteiger partial charge in [-0.05, 0) is 24.3 Å². The third kappa shape index (κ3) is 3.15. The van der Waals surface area contributed by atoms with E-state index in [4.69, 9.17) is 12.3 Å². The summed E-state index contributed by atoms with van der Waals surface area (Å²) in [5.74, 6) is 2.41. The Labute approximate surface area is 175 Å². The van der Waals surface area contributed by atoms with Crippen LogP contribution in [0.3, 0.4) is 0 Å². The molecule has 0 N–H and O–H groups in total. The van der Waals surface area contributed by atoms with Gasteiger partial charge in [-0.25, -0.2) is 0 Å². The van der Waals surface area contributed by atoms with Gasteiger partial charge in [0.1, 0.15) is 11.5 Å². The molecule has 0 saturated carbocycles. The molecule has 1 heterocycles. The predicted octanol–water partition coefficient (Wildman–Crippen LogP) is 5.54. The zero-order chi connectivity index (χ0) is 19.6. The summed E-state index contributed by atoms with van der Waals surface area (Å²) < 4.78 is 18.0. The first-order chi connectivity index (χ1) is 14.4. The van der Waals surface area contributed by atoms with Crippen LogP contribution < -0.4 is 12.3 Å². The molecule has 0 spiro atoms. The van der Waals surface area contributed by atoms with Gasteiger partial charge in [-0.15, -0.1) is 0 Å². The lowest BCUT2D eigenvalue weighted by atomic mass is 9.98. The van der Waals surface area contributed by atoms with Crippen molar-refractivity contribution < 1.29 is 12.3 Å². The van der Waals surface area contributed by atoms with Crippen LogP contribution in [0.5, 0.6) is 17.2 Å². The van der Waals surface area contributed by atoms with Crippen LogP contribution >= 0.6 is 0 Å². The molecule has 1 aromatic heterocycles. The zero-order valence-electron chi connectivity index (χ0n) is 15.8. The van der Waals surface area contributed by atoms with E-state index in [0.29, 0.717) is 0 Å². The monoisotopic (exact) mass is 394 g/mol. The molecule has 139 valence electrons. The molecule has 0 bridgehead atoms. The van der Waals surface area contributed by atoms with E-state index in [-0.39, 0.29) is 0 Å². The number of ether oxygens (including phenoxy) is 1. The van der Waals surface area contributed by atoms with Gasteiger partial charge in [0, 0.05) is 27.7 Å². The molecule has 0 fully saturated rings. The number of aromatic nitrogens is 1. The molecular weight excluding hydrogens is 377 g/mol. The first-order valence-corrected chi connectivity index (χ1v) is 10.3. The van der Waals surface area contributed by atoms with Crippen LogP contribution in [-0.4, -0.2) is 28.0 Å². The molecule has 0 unspecified atom stereocenters. The number of para-hydroxylation sites is 1. The number of hydrogen-bond acceptors (Lipinski definition) is 4. The summed E-state index contributed by atoms with van der Waals surface area (Å²) in [6.45, 7) is 0. The van der Waals surface area contributed by atoms with Gasteiger partial charge in [-0.3, -0.25) is 4.98 Å². The maximum absolute atomic E-state index is 6.31. The van der Waals surface area contributed by atoms with Crippen LogP contribution in [0.2, 0.25) is 0 Å². The van der Waals surface area contributed by atoms with Crippen molar-refractivity contribution in [3.05, 3.63) is 85.1 Å². The van der Waals surface area contributed by atoms with Gasteiger partial charge in [-0.1, -0.05) is 54.6 Å². The fourth-order valence-electron chi connectivity index (χ4n) is 3.69. The van der Waals surface area contributed by atoms with Crippen LogP contribution in [0.25, 0.3) is 32.4 Å². The predicted molar refractivity (Wildman–Crippen MR) is 117 cm³/mol. The van der Waals surface area contributed by atoms with Crippen LogP contribution in [0.4, 0.5) is 0 Å². The Kier molecular flexibility index (Phi) is 4.69. The fourth-order valence-corrected chi connectivity index (χ4v) is 4.35. The molecule has 0 atom stereocenters. The summed E-state index contributed by atoms with van der Waals surface area (Å²) >= 11 is -0.751. The smallest absolute Gasteiger partial charge is 0.616 e. The summed E-state index contributed by atoms with van der Waals surface area (Å²) in [4.78, 5) is 4.65. The number of nitrogens with zero attached hydrogens (tertiary/aromatic N) is 1. The standard InChI is InChI=1S/C18H13NO2.C6H6O.Al/c1-21-18-13-7-3-2-6-12(13)17(20)15-14(18)9-8-11-5-4-10-19-16(11)15;7-6-4-2-1-3-5-6;/h2-10,20H,1H3;1-5,7H;/q;;+2/p-2. The SMILES string of the molecule is COc1c2ccccc2c([O][Al][O]c2ccccc2)c2c1ccc1cccnc12. The average Bonchev–Trinajstić information content (AvgIpc) is 2.79. The van der Waals surface area contributed by atoms with Crippen molar-refractivity contribution in [2.24, 2.45) is 0 Å². The minimum atomic E-state index is -0.751. The van der Waals surface area contributed by atoms with Crippen molar-refractivity contribution in [2.75, 3.05) is 7.11 Å². The number of fused-ring (bicyclic) bond motifs is 4. The molecule has 4 aromatic carbocycles. The number of methoxy groups -OCH3 is 1. The Bertz CT molecular complexity index is 1320. The lowest BCUT2D eigenvalue weighted by molar-refractivity contribution is 0.424. The second-order valence-electron chi connectivity index (χ2n) is 6.62. The molecule has 0 amide bonds. The molecule has 29 heavy (non-hydrogen) atoms. The topological polar surface area (TPSA) is 40.6 Å². The van der Waals surface area contributed by atoms with Gasteiger partial charge in [-0.2, -0.15) is 0 Å². The van der Waals surface area contributed by atoms with Crippen LogP contribution in [0.1, 0.15) is 0 Å². The maximum Gasteiger partial charge on any atom is 0.881 e. The van der Waals surface area contributed by atoms with Gasteiger partial charge in [0.25, 0.3) is 0 Å². The summed E-state index contributed by atoms with van der Waals surface area (Å²) in [6, 6.07) is 26.0. The van der Waals surface area contributed by atoms with E-state index in [1.807, 2.05) is 48.5 Å². The Balaban J connectivity index is 1.73. The average molecular weight is 394 g/mol. The zero-order valence-corrected chi connectivity index (χ0v) is 17.0. The number of hydrogen-bond donors (Lipinski definition) is 0. The van der Waals surface area contributed by atoms with Crippen molar-refractivity contribution in [3.8, 4) is 17.2 Å². The van der Waals surface area contributed by atoms with E-state index in [1.54, 1.807) is 13.3 Å². The van der Waals surface area contributed by atoms with E-state index in [1.165, 1.54) is 0 Å². The summed E-state index contributed by atoms with van der Waals surface area (Å²) in [7, 11) is 1.70. The highest BCUT2D eigenvalue weighted by Crippen LogP contribution is 2.44. The first-order valence-electron chi connectivity index (χ1n) is 9.33. The molecule has 1 radical (unpaired) electrons. The van der Waals surface area contributed by atoms with E-state index in [9.17, 15) is 0 Å². The Morgan fingerprint density at radius 3 is 2.24 bits per heavy atom.